The molecule has 0 amide bonds. The molecule has 0 unspecified atom stereocenters. The van der Waals surface area contributed by atoms with Gasteiger partial charge in [0.25, 0.3) is 0 Å². The van der Waals surface area contributed by atoms with E-state index in [-0.39, 0.29) is 18.6 Å². The maximum absolute atomic E-state index is 11.6. The quantitative estimate of drug-likeness (QED) is 0.565. The van der Waals surface area contributed by atoms with Crippen molar-refractivity contribution in [3.8, 4) is 11.5 Å². The summed E-state index contributed by atoms with van der Waals surface area (Å²) in [6.45, 7) is 0. The van der Waals surface area contributed by atoms with Crippen molar-refractivity contribution in [1.82, 2.24) is 0 Å². The van der Waals surface area contributed by atoms with E-state index in [1.807, 2.05) is 0 Å². The number of carbonyl (C=O) groups is 2. The van der Waals surface area contributed by atoms with Gasteiger partial charge in [0.05, 0.1) is 21.3 Å². The van der Waals surface area contributed by atoms with Crippen molar-refractivity contribution >= 4 is 11.8 Å². The molecule has 1 aromatic carbocycles. The van der Waals surface area contributed by atoms with Crippen molar-refractivity contribution in [2.45, 2.75) is 12.8 Å². The summed E-state index contributed by atoms with van der Waals surface area (Å²) >= 11 is 0. The molecule has 0 saturated heterocycles. The van der Waals surface area contributed by atoms with Gasteiger partial charge in [-0.1, -0.05) is 6.07 Å². The summed E-state index contributed by atoms with van der Waals surface area (Å²) in [4.78, 5) is 22.6. The Kier molecular flexibility index (Phi) is 5.17. The van der Waals surface area contributed by atoms with Crippen molar-refractivity contribution < 1.29 is 23.8 Å². The van der Waals surface area contributed by atoms with Crippen molar-refractivity contribution in [3.63, 3.8) is 0 Å². The van der Waals surface area contributed by atoms with E-state index in [1.165, 1.54) is 14.2 Å². The van der Waals surface area contributed by atoms with E-state index >= 15 is 0 Å². The van der Waals surface area contributed by atoms with Crippen LogP contribution < -0.4 is 9.47 Å². The average molecular weight is 252 g/mol. The molecule has 1 rings (SSSR count). The van der Waals surface area contributed by atoms with Gasteiger partial charge in [0, 0.05) is 18.1 Å². The van der Waals surface area contributed by atoms with Crippen LogP contribution in [-0.2, 0) is 20.7 Å². The Morgan fingerprint density at radius 1 is 1.11 bits per heavy atom. The smallest absolute Gasteiger partial charge is 0.313 e. The summed E-state index contributed by atoms with van der Waals surface area (Å²) in [5.74, 6) is 0.460. The minimum Gasteiger partial charge on any atom is -0.497 e. The highest BCUT2D eigenvalue weighted by Gasteiger charge is 2.13. The van der Waals surface area contributed by atoms with E-state index in [0.717, 1.165) is 0 Å². The van der Waals surface area contributed by atoms with Crippen LogP contribution in [0.15, 0.2) is 18.2 Å². The van der Waals surface area contributed by atoms with Crippen LogP contribution in [0.1, 0.15) is 12.0 Å². The Bertz CT molecular complexity index is 439. The largest absolute Gasteiger partial charge is 0.497 e. The fourth-order valence-electron chi connectivity index (χ4n) is 1.51. The molecule has 0 spiro atoms. The van der Waals surface area contributed by atoms with Crippen LogP contribution in [0.4, 0.5) is 0 Å². The lowest BCUT2D eigenvalue weighted by Gasteiger charge is -2.09. The first-order valence-corrected chi connectivity index (χ1v) is 5.40. The molecule has 0 N–H and O–H groups in total. The molecular weight excluding hydrogens is 236 g/mol. The predicted octanol–water partition coefficient (Wildman–Crippen LogP) is 1.38. The summed E-state index contributed by atoms with van der Waals surface area (Å²) in [6.07, 6.45) is -0.103. The Labute approximate surface area is 106 Å². The molecule has 5 nitrogen and oxygen atoms in total. The van der Waals surface area contributed by atoms with Crippen molar-refractivity contribution in [1.29, 1.82) is 0 Å². The molecule has 0 atom stereocenters. The first-order valence-electron chi connectivity index (χ1n) is 5.40. The molecule has 5 heteroatoms. The minimum absolute atomic E-state index is 0.127. The van der Waals surface area contributed by atoms with Crippen molar-refractivity contribution in [2.75, 3.05) is 21.3 Å². The summed E-state index contributed by atoms with van der Waals surface area (Å²) in [5, 5.41) is 0. The third kappa shape index (κ3) is 3.76. The second-order valence-corrected chi connectivity index (χ2v) is 3.65. The van der Waals surface area contributed by atoms with Gasteiger partial charge >= 0.3 is 5.97 Å². The lowest BCUT2D eigenvalue weighted by molar-refractivity contribution is -0.143. The number of methoxy groups -OCH3 is 3. The van der Waals surface area contributed by atoms with E-state index < -0.39 is 5.97 Å². The first kappa shape index (κ1) is 14.0. The van der Waals surface area contributed by atoms with Gasteiger partial charge in [-0.3, -0.25) is 9.59 Å². The number of ether oxygens (including phenoxy) is 3. The Hall–Kier alpha value is -2.04. The van der Waals surface area contributed by atoms with Gasteiger partial charge in [-0.15, -0.1) is 0 Å². The van der Waals surface area contributed by atoms with Crippen molar-refractivity contribution in [3.05, 3.63) is 23.8 Å². The van der Waals surface area contributed by atoms with Crippen LogP contribution in [-0.4, -0.2) is 33.1 Å². The molecule has 18 heavy (non-hydrogen) atoms. The molecule has 0 aliphatic carbocycles. The first-order chi connectivity index (χ1) is 8.60. The molecule has 0 aliphatic rings. The van der Waals surface area contributed by atoms with E-state index in [4.69, 9.17) is 9.47 Å². The molecule has 0 bridgehead atoms. The third-order valence-corrected chi connectivity index (χ3v) is 2.45. The molecule has 0 radical (unpaired) electrons. The zero-order valence-electron chi connectivity index (χ0n) is 10.7. The molecule has 0 saturated carbocycles. The number of benzene rings is 1. The molecule has 0 fully saturated rings. The molecular formula is C13H16O5. The maximum atomic E-state index is 11.6. The van der Waals surface area contributed by atoms with E-state index in [1.54, 1.807) is 25.3 Å². The molecule has 1 aromatic rings. The van der Waals surface area contributed by atoms with Crippen LogP contribution in [0.2, 0.25) is 0 Å². The van der Waals surface area contributed by atoms with Crippen LogP contribution >= 0.6 is 0 Å². The highest BCUT2D eigenvalue weighted by atomic mass is 16.5. The van der Waals surface area contributed by atoms with Crippen LogP contribution in [0.25, 0.3) is 0 Å². The standard InChI is InChI=1S/C13H16O5/c1-16-11-5-4-9(12(8-11)17-2)6-10(14)7-13(15)18-3/h4-5,8H,6-7H2,1-3H3. The van der Waals surface area contributed by atoms with Gasteiger partial charge in [0.2, 0.25) is 0 Å². The van der Waals surface area contributed by atoms with Crippen LogP contribution in [0, 0.1) is 0 Å². The summed E-state index contributed by atoms with van der Waals surface area (Å²) in [7, 11) is 4.32. The fraction of sp³-hybridized carbons (Fsp3) is 0.385. The predicted molar refractivity (Wildman–Crippen MR) is 64.9 cm³/mol. The van der Waals surface area contributed by atoms with Gasteiger partial charge in [0.1, 0.15) is 23.7 Å². The van der Waals surface area contributed by atoms with Gasteiger partial charge in [-0.25, -0.2) is 0 Å². The Balaban J connectivity index is 2.77. The zero-order valence-corrected chi connectivity index (χ0v) is 10.7. The summed E-state index contributed by atoms with van der Waals surface area (Å²) in [6, 6.07) is 5.18. The normalized spacial score (nSPS) is 9.72. The lowest BCUT2D eigenvalue weighted by Crippen LogP contribution is -2.12. The highest BCUT2D eigenvalue weighted by molar-refractivity contribution is 5.96. The monoisotopic (exact) mass is 252 g/mol. The molecule has 0 heterocycles. The number of hydrogen-bond donors (Lipinski definition) is 0. The topological polar surface area (TPSA) is 61.8 Å². The Morgan fingerprint density at radius 2 is 1.83 bits per heavy atom. The third-order valence-electron chi connectivity index (χ3n) is 2.45. The number of hydrogen-bond acceptors (Lipinski definition) is 5. The summed E-state index contributed by atoms with van der Waals surface area (Å²) < 4.78 is 14.7. The average Bonchev–Trinajstić information content (AvgIpc) is 2.38. The van der Waals surface area contributed by atoms with Gasteiger partial charge < -0.3 is 14.2 Å². The molecule has 0 aromatic heterocycles. The summed E-state index contributed by atoms with van der Waals surface area (Å²) in [5.41, 5.74) is 0.715. The van der Waals surface area contributed by atoms with E-state index in [2.05, 4.69) is 4.74 Å². The fourth-order valence-corrected chi connectivity index (χ4v) is 1.51. The van der Waals surface area contributed by atoms with Gasteiger partial charge in [0.15, 0.2) is 0 Å². The second-order valence-electron chi connectivity index (χ2n) is 3.65. The second kappa shape index (κ2) is 6.64. The van der Waals surface area contributed by atoms with Crippen LogP contribution in [0.5, 0.6) is 11.5 Å². The number of Topliss-reactive ketones (excluding diaryl/α,β-unsaturated/α-hetero) is 1. The van der Waals surface area contributed by atoms with Gasteiger partial charge in [-0.05, 0) is 6.07 Å². The van der Waals surface area contributed by atoms with E-state index in [9.17, 15) is 9.59 Å². The number of esters is 1. The SMILES string of the molecule is COC(=O)CC(=O)Cc1ccc(OC)cc1OC. The molecule has 0 aliphatic heterocycles. The number of ketones is 1. The minimum atomic E-state index is -0.535. The Morgan fingerprint density at radius 3 is 2.39 bits per heavy atom. The number of carbonyl (C=O) groups excluding carboxylic acids is 2. The van der Waals surface area contributed by atoms with Crippen LogP contribution in [0.3, 0.4) is 0 Å². The van der Waals surface area contributed by atoms with Crippen molar-refractivity contribution in [2.24, 2.45) is 0 Å². The zero-order chi connectivity index (χ0) is 13.5. The number of rotatable bonds is 6. The van der Waals surface area contributed by atoms with Gasteiger partial charge in [-0.2, -0.15) is 0 Å². The molecule has 98 valence electrons. The highest BCUT2D eigenvalue weighted by Crippen LogP contribution is 2.25. The van der Waals surface area contributed by atoms with E-state index in [0.29, 0.717) is 17.1 Å². The maximum Gasteiger partial charge on any atom is 0.313 e. The lowest BCUT2D eigenvalue weighted by atomic mass is 10.1.